The predicted molar refractivity (Wildman–Crippen MR) is 119 cm³/mol. The minimum atomic E-state index is -0.0204. The van der Waals surface area contributed by atoms with Crippen LogP contribution in [0, 0.1) is 13.8 Å². The van der Waals surface area contributed by atoms with Crippen molar-refractivity contribution in [2.24, 2.45) is 0 Å². The fourth-order valence-corrected chi connectivity index (χ4v) is 4.37. The molecule has 0 aliphatic heterocycles. The lowest BCUT2D eigenvalue weighted by atomic mass is 10.1. The van der Waals surface area contributed by atoms with Gasteiger partial charge in [-0.2, -0.15) is 0 Å². The van der Waals surface area contributed by atoms with E-state index in [-0.39, 0.29) is 5.91 Å². The van der Waals surface area contributed by atoms with E-state index in [0.29, 0.717) is 12.8 Å². The molecule has 4 aromatic rings. The molecule has 1 aromatic carbocycles. The van der Waals surface area contributed by atoms with E-state index in [1.54, 1.807) is 11.3 Å². The number of carbonyl (C=O) groups excluding carboxylic acids is 1. The van der Waals surface area contributed by atoms with Crippen molar-refractivity contribution in [2.75, 3.05) is 11.6 Å². The smallest absolute Gasteiger partial charge is 0.224 e. The van der Waals surface area contributed by atoms with Crippen LogP contribution in [-0.4, -0.2) is 31.5 Å². The summed E-state index contributed by atoms with van der Waals surface area (Å²) in [6.07, 6.45) is 6.98. The molecule has 6 nitrogen and oxygen atoms in total. The second kappa shape index (κ2) is 8.34. The molecular weight excluding hydrogens is 402 g/mol. The lowest BCUT2D eigenvalue weighted by Gasteiger charge is -2.10. The van der Waals surface area contributed by atoms with Gasteiger partial charge in [0.25, 0.3) is 0 Å². The van der Waals surface area contributed by atoms with Crippen LogP contribution in [0.5, 0.6) is 0 Å². The summed E-state index contributed by atoms with van der Waals surface area (Å²) < 4.78 is 2.01. The van der Waals surface area contributed by atoms with Crippen molar-refractivity contribution in [3.8, 4) is 11.3 Å². The van der Waals surface area contributed by atoms with Crippen LogP contribution in [0.1, 0.15) is 23.4 Å². The van der Waals surface area contributed by atoms with E-state index in [4.69, 9.17) is 0 Å². The van der Waals surface area contributed by atoms with E-state index in [9.17, 15) is 4.79 Å². The summed E-state index contributed by atoms with van der Waals surface area (Å²) in [7, 11) is 0. The Morgan fingerprint density at radius 1 is 1.14 bits per heavy atom. The molecule has 0 atom stereocenters. The van der Waals surface area contributed by atoms with Gasteiger partial charge < -0.3 is 5.32 Å². The van der Waals surface area contributed by atoms with Crippen molar-refractivity contribution in [1.82, 2.24) is 19.4 Å². The number of carbonyl (C=O) groups is 1. The number of imidazole rings is 1. The zero-order valence-electron chi connectivity index (χ0n) is 16.5. The van der Waals surface area contributed by atoms with Crippen LogP contribution in [0.25, 0.3) is 16.2 Å². The van der Waals surface area contributed by atoms with Crippen molar-refractivity contribution in [1.29, 1.82) is 0 Å². The lowest BCUT2D eigenvalue weighted by molar-refractivity contribution is -0.116. The normalized spacial score (nSPS) is 11.1. The first kappa shape index (κ1) is 19.6. The van der Waals surface area contributed by atoms with Crippen molar-refractivity contribution < 1.29 is 4.79 Å². The third-order valence-corrected chi connectivity index (χ3v) is 6.06. The summed E-state index contributed by atoms with van der Waals surface area (Å²) in [5.41, 5.74) is 5.67. The van der Waals surface area contributed by atoms with Crippen molar-refractivity contribution in [3.05, 3.63) is 59.0 Å². The Labute approximate surface area is 177 Å². The van der Waals surface area contributed by atoms with E-state index in [1.165, 1.54) is 11.8 Å². The first-order valence-corrected chi connectivity index (χ1v) is 11.3. The Morgan fingerprint density at radius 3 is 2.52 bits per heavy atom. The molecule has 0 spiro atoms. The fraction of sp³-hybridized carbons (Fsp3) is 0.238. The van der Waals surface area contributed by atoms with Crippen LogP contribution < -0.4 is 5.32 Å². The summed E-state index contributed by atoms with van der Waals surface area (Å²) >= 11 is 3.13. The molecule has 1 N–H and O–H groups in total. The van der Waals surface area contributed by atoms with Crippen molar-refractivity contribution in [2.45, 2.75) is 31.8 Å². The molecule has 29 heavy (non-hydrogen) atoms. The Morgan fingerprint density at radius 2 is 1.86 bits per heavy atom. The number of aromatic nitrogens is 4. The number of thioether (sulfide) groups is 1. The standard InChI is InChI=1S/C21H21N5OS2/c1-13-17(14(2)23-20(22-13)28-3)8-9-19(27)24-16-6-4-15(5-7-16)18-12-26-10-11-29-21(26)25-18/h4-7,10-12H,8-9H2,1-3H3,(H,24,27). The van der Waals surface area contributed by atoms with Gasteiger partial charge in [-0.25, -0.2) is 15.0 Å². The average molecular weight is 424 g/mol. The van der Waals surface area contributed by atoms with E-state index < -0.39 is 0 Å². The minimum absolute atomic E-state index is 0.0204. The molecular formula is C21H21N5OS2. The van der Waals surface area contributed by atoms with Gasteiger partial charge in [-0.1, -0.05) is 23.9 Å². The first-order valence-electron chi connectivity index (χ1n) is 9.24. The summed E-state index contributed by atoms with van der Waals surface area (Å²) in [5.74, 6) is -0.0204. The number of hydrogen-bond acceptors (Lipinski definition) is 6. The second-order valence-electron chi connectivity index (χ2n) is 6.70. The zero-order chi connectivity index (χ0) is 20.4. The molecule has 4 rings (SSSR count). The highest BCUT2D eigenvalue weighted by Crippen LogP contribution is 2.23. The number of nitrogens with zero attached hydrogens (tertiary/aromatic N) is 4. The van der Waals surface area contributed by atoms with E-state index in [1.807, 2.05) is 66.5 Å². The molecule has 0 aliphatic carbocycles. The summed E-state index contributed by atoms with van der Waals surface area (Å²) in [4.78, 5) is 26.9. The maximum Gasteiger partial charge on any atom is 0.224 e. The monoisotopic (exact) mass is 423 g/mol. The molecule has 148 valence electrons. The maximum absolute atomic E-state index is 12.4. The second-order valence-corrected chi connectivity index (χ2v) is 8.35. The molecule has 0 saturated heterocycles. The van der Waals surface area contributed by atoms with Gasteiger partial charge in [0.15, 0.2) is 10.1 Å². The maximum atomic E-state index is 12.4. The predicted octanol–water partition coefficient (Wildman–Crippen LogP) is 4.76. The summed E-state index contributed by atoms with van der Waals surface area (Å²) in [6.45, 7) is 3.95. The number of nitrogens with one attached hydrogen (secondary N) is 1. The molecule has 0 radical (unpaired) electrons. The van der Waals surface area contributed by atoms with E-state index in [2.05, 4.69) is 20.3 Å². The minimum Gasteiger partial charge on any atom is -0.326 e. The van der Waals surface area contributed by atoms with Gasteiger partial charge in [-0.05, 0) is 44.2 Å². The number of benzene rings is 1. The van der Waals surface area contributed by atoms with Gasteiger partial charge >= 0.3 is 0 Å². The van der Waals surface area contributed by atoms with Gasteiger partial charge in [-0.15, -0.1) is 11.3 Å². The van der Waals surface area contributed by atoms with Gasteiger partial charge in [0.2, 0.25) is 5.91 Å². The quantitative estimate of drug-likeness (QED) is 0.357. The van der Waals surface area contributed by atoms with Gasteiger partial charge in [0.05, 0.1) is 5.69 Å². The van der Waals surface area contributed by atoms with Gasteiger partial charge in [0, 0.05) is 46.8 Å². The summed E-state index contributed by atoms with van der Waals surface area (Å²) in [6, 6.07) is 7.78. The Kier molecular flexibility index (Phi) is 5.64. The molecule has 3 heterocycles. The number of fused-ring (bicyclic) bond motifs is 1. The third kappa shape index (κ3) is 4.33. The van der Waals surface area contributed by atoms with Crippen LogP contribution in [0.3, 0.4) is 0 Å². The van der Waals surface area contributed by atoms with E-state index >= 15 is 0 Å². The SMILES string of the molecule is CSc1nc(C)c(CCC(=O)Nc2ccc(-c3cn4ccsc4n3)cc2)c(C)n1. The van der Waals surface area contributed by atoms with Crippen LogP contribution in [0.4, 0.5) is 5.69 Å². The number of rotatable bonds is 6. The van der Waals surface area contributed by atoms with Gasteiger partial charge in [-0.3, -0.25) is 9.20 Å². The number of aryl methyl sites for hydroxylation is 2. The first-order chi connectivity index (χ1) is 14.0. The fourth-order valence-electron chi connectivity index (χ4n) is 3.21. The van der Waals surface area contributed by atoms with Crippen LogP contribution >= 0.6 is 23.1 Å². The molecule has 0 bridgehead atoms. The van der Waals surface area contributed by atoms with Crippen LogP contribution in [-0.2, 0) is 11.2 Å². The molecule has 0 unspecified atom stereocenters. The molecule has 3 aromatic heterocycles. The molecule has 1 amide bonds. The molecule has 8 heteroatoms. The Bertz CT molecular complexity index is 1110. The highest BCUT2D eigenvalue weighted by molar-refractivity contribution is 7.98. The third-order valence-electron chi connectivity index (χ3n) is 4.74. The highest BCUT2D eigenvalue weighted by atomic mass is 32.2. The van der Waals surface area contributed by atoms with Gasteiger partial charge in [0.1, 0.15) is 0 Å². The lowest BCUT2D eigenvalue weighted by Crippen LogP contribution is -2.13. The molecule has 0 fully saturated rings. The molecule has 0 saturated carbocycles. The number of anilines is 1. The number of thiazole rings is 1. The average Bonchev–Trinajstić information content (AvgIpc) is 3.30. The van der Waals surface area contributed by atoms with Crippen LogP contribution in [0.2, 0.25) is 0 Å². The molecule has 0 aliphatic rings. The Hall–Kier alpha value is -2.71. The Balaban J connectivity index is 1.38. The number of amides is 1. The highest BCUT2D eigenvalue weighted by Gasteiger charge is 2.11. The van der Waals surface area contributed by atoms with E-state index in [0.717, 1.165) is 44.0 Å². The number of hydrogen-bond donors (Lipinski definition) is 1. The zero-order valence-corrected chi connectivity index (χ0v) is 18.1. The van der Waals surface area contributed by atoms with Crippen molar-refractivity contribution in [3.63, 3.8) is 0 Å². The van der Waals surface area contributed by atoms with Crippen LogP contribution in [0.15, 0.2) is 47.2 Å². The topological polar surface area (TPSA) is 72.2 Å². The van der Waals surface area contributed by atoms with Crippen molar-refractivity contribution >= 4 is 39.7 Å². The summed E-state index contributed by atoms with van der Waals surface area (Å²) in [5, 5.41) is 5.75. The largest absolute Gasteiger partial charge is 0.326 e.